The minimum absolute atomic E-state index is 0.0120. The zero-order valence-corrected chi connectivity index (χ0v) is 13.7. The van der Waals surface area contributed by atoms with Crippen LogP contribution in [0.25, 0.3) is 0 Å². The Kier molecular flexibility index (Phi) is 7.28. The van der Waals surface area contributed by atoms with Crippen LogP contribution >= 0.6 is 11.6 Å². The first-order valence-corrected chi connectivity index (χ1v) is 7.28. The van der Waals surface area contributed by atoms with Crippen molar-refractivity contribution in [2.45, 2.75) is 20.8 Å². The van der Waals surface area contributed by atoms with E-state index in [2.05, 4.69) is 4.98 Å². The van der Waals surface area contributed by atoms with Crippen molar-refractivity contribution in [2.75, 3.05) is 6.61 Å². The molecule has 23 heavy (non-hydrogen) atoms. The Morgan fingerprint density at radius 2 is 2.04 bits per heavy atom. The van der Waals surface area contributed by atoms with E-state index in [4.69, 9.17) is 26.2 Å². The number of rotatable bonds is 5. The Bertz CT molecular complexity index is 679. The van der Waals surface area contributed by atoms with Gasteiger partial charge in [0.15, 0.2) is 12.4 Å². The molecular formula is C16H17ClFNO4. The van der Waals surface area contributed by atoms with Gasteiger partial charge in [0.25, 0.3) is 5.88 Å². The van der Waals surface area contributed by atoms with Crippen LogP contribution in [0.1, 0.15) is 19.4 Å². The highest BCUT2D eigenvalue weighted by atomic mass is 35.5. The number of carboxylic acids is 1. The van der Waals surface area contributed by atoms with Crippen molar-refractivity contribution in [3.8, 4) is 17.4 Å². The van der Waals surface area contributed by atoms with Crippen LogP contribution in [0.3, 0.4) is 0 Å². The van der Waals surface area contributed by atoms with Gasteiger partial charge in [-0.05, 0) is 36.8 Å². The van der Waals surface area contributed by atoms with Crippen molar-refractivity contribution in [1.82, 2.24) is 4.98 Å². The van der Waals surface area contributed by atoms with E-state index in [1.807, 2.05) is 13.8 Å². The minimum atomic E-state index is -1.14. The second-order valence-corrected chi connectivity index (χ2v) is 4.53. The lowest BCUT2D eigenvalue weighted by Gasteiger charge is -2.12. The molecule has 0 amide bonds. The summed E-state index contributed by atoms with van der Waals surface area (Å²) in [5.74, 6) is -1.16. The zero-order valence-electron chi connectivity index (χ0n) is 13.0. The molecule has 1 N–H and O–H groups in total. The van der Waals surface area contributed by atoms with Crippen LogP contribution in [0.5, 0.6) is 17.4 Å². The molecule has 0 fully saturated rings. The molecule has 7 heteroatoms. The number of aryl methyl sites for hydroxylation is 1. The third kappa shape index (κ3) is 5.41. The maximum absolute atomic E-state index is 13.3. The molecule has 1 aromatic carbocycles. The summed E-state index contributed by atoms with van der Waals surface area (Å²) in [5.41, 5.74) is 0.367. The van der Waals surface area contributed by atoms with Crippen LogP contribution in [0.15, 0.2) is 30.5 Å². The molecule has 1 heterocycles. The molecule has 0 saturated heterocycles. The van der Waals surface area contributed by atoms with Gasteiger partial charge >= 0.3 is 5.97 Å². The Hall–Kier alpha value is -2.34. The van der Waals surface area contributed by atoms with Crippen LogP contribution in [-0.2, 0) is 4.79 Å². The summed E-state index contributed by atoms with van der Waals surface area (Å²) in [4.78, 5) is 14.4. The summed E-state index contributed by atoms with van der Waals surface area (Å²) in [5, 5.41) is 8.70. The van der Waals surface area contributed by atoms with Crippen LogP contribution < -0.4 is 9.47 Å². The first-order chi connectivity index (χ1) is 11.0. The molecule has 124 valence electrons. The van der Waals surface area contributed by atoms with Gasteiger partial charge < -0.3 is 14.6 Å². The number of aromatic nitrogens is 1. The number of benzene rings is 1. The number of hydrogen-bond acceptors (Lipinski definition) is 4. The first-order valence-electron chi connectivity index (χ1n) is 6.90. The maximum Gasteiger partial charge on any atom is 0.341 e. The second kappa shape index (κ2) is 8.95. The van der Waals surface area contributed by atoms with Gasteiger partial charge in [0.05, 0.1) is 5.02 Å². The van der Waals surface area contributed by atoms with Gasteiger partial charge in [0, 0.05) is 6.20 Å². The lowest BCUT2D eigenvalue weighted by atomic mass is 10.2. The summed E-state index contributed by atoms with van der Waals surface area (Å²) in [6.07, 6.45) is 1.43. The monoisotopic (exact) mass is 341 g/mol. The molecule has 0 aliphatic rings. The fourth-order valence-corrected chi connectivity index (χ4v) is 1.71. The summed E-state index contributed by atoms with van der Waals surface area (Å²) >= 11 is 5.91. The fourth-order valence-electron chi connectivity index (χ4n) is 1.52. The van der Waals surface area contributed by atoms with Gasteiger partial charge in [-0.3, -0.25) is 0 Å². The molecule has 2 rings (SSSR count). The maximum atomic E-state index is 13.3. The van der Waals surface area contributed by atoms with Crippen molar-refractivity contribution in [3.63, 3.8) is 0 Å². The standard InChI is InChI=1S/C14H11ClFNO4.C2H6/c1-8-5-12(9(15)6-10(8)16)21-11-3-2-4-17-14(11)20-7-13(18)19;1-2/h2-6H,7H2,1H3,(H,18,19);1-2H3. The quantitative estimate of drug-likeness (QED) is 0.869. The molecule has 2 aromatic rings. The molecule has 0 atom stereocenters. The van der Waals surface area contributed by atoms with Crippen LogP contribution in [-0.4, -0.2) is 22.7 Å². The van der Waals surface area contributed by atoms with Crippen LogP contribution in [0.2, 0.25) is 5.02 Å². The number of hydrogen-bond donors (Lipinski definition) is 1. The molecule has 0 radical (unpaired) electrons. The normalized spacial score (nSPS) is 9.61. The van der Waals surface area contributed by atoms with E-state index < -0.39 is 18.4 Å². The number of aliphatic carboxylic acids is 1. The smallest absolute Gasteiger partial charge is 0.341 e. The second-order valence-electron chi connectivity index (χ2n) is 4.12. The fraction of sp³-hybridized carbons (Fsp3) is 0.250. The van der Waals surface area contributed by atoms with E-state index in [1.54, 1.807) is 19.1 Å². The van der Waals surface area contributed by atoms with Crippen molar-refractivity contribution in [1.29, 1.82) is 0 Å². The average Bonchev–Trinajstić information content (AvgIpc) is 2.53. The first kappa shape index (κ1) is 18.7. The molecule has 5 nitrogen and oxygen atoms in total. The zero-order chi connectivity index (χ0) is 17.4. The van der Waals surface area contributed by atoms with Gasteiger partial charge in [-0.25, -0.2) is 14.2 Å². The lowest BCUT2D eigenvalue weighted by Crippen LogP contribution is -2.10. The third-order valence-corrected chi connectivity index (χ3v) is 2.80. The Morgan fingerprint density at radius 3 is 2.70 bits per heavy atom. The van der Waals surface area contributed by atoms with Gasteiger partial charge in [-0.15, -0.1) is 0 Å². The summed E-state index contributed by atoms with van der Waals surface area (Å²) in [6, 6.07) is 5.71. The topological polar surface area (TPSA) is 68.7 Å². The molecule has 0 unspecified atom stereocenters. The number of halogens is 2. The number of nitrogens with zero attached hydrogens (tertiary/aromatic N) is 1. The Balaban J connectivity index is 0.00000127. The lowest BCUT2D eigenvalue weighted by molar-refractivity contribution is -0.139. The van der Waals surface area contributed by atoms with Crippen LogP contribution in [0.4, 0.5) is 4.39 Å². The molecule has 0 spiro atoms. The van der Waals surface area contributed by atoms with E-state index in [0.29, 0.717) is 5.56 Å². The van der Waals surface area contributed by atoms with Gasteiger partial charge in [-0.2, -0.15) is 0 Å². The molecule has 0 aliphatic heterocycles. The highest BCUT2D eigenvalue weighted by Gasteiger charge is 2.13. The van der Waals surface area contributed by atoms with E-state index in [1.165, 1.54) is 12.3 Å². The van der Waals surface area contributed by atoms with Crippen molar-refractivity contribution in [3.05, 3.63) is 46.9 Å². The molecule has 0 aliphatic carbocycles. The molecular weight excluding hydrogens is 325 g/mol. The van der Waals surface area contributed by atoms with Crippen molar-refractivity contribution >= 4 is 17.6 Å². The Morgan fingerprint density at radius 1 is 1.35 bits per heavy atom. The number of carboxylic acid groups (broad SMARTS) is 1. The predicted molar refractivity (Wildman–Crippen MR) is 84.9 cm³/mol. The van der Waals surface area contributed by atoms with Crippen molar-refractivity contribution < 1.29 is 23.8 Å². The number of ether oxygens (including phenoxy) is 2. The summed E-state index contributed by atoms with van der Waals surface area (Å²) in [7, 11) is 0. The average molecular weight is 342 g/mol. The van der Waals surface area contributed by atoms with Crippen molar-refractivity contribution in [2.24, 2.45) is 0 Å². The molecule has 0 bridgehead atoms. The summed E-state index contributed by atoms with van der Waals surface area (Å²) in [6.45, 7) is 5.02. The minimum Gasteiger partial charge on any atom is -0.479 e. The van der Waals surface area contributed by atoms with E-state index in [-0.39, 0.29) is 22.4 Å². The van der Waals surface area contributed by atoms with E-state index >= 15 is 0 Å². The SMILES string of the molecule is CC.Cc1cc(Oc2cccnc2OCC(=O)O)c(Cl)cc1F. The van der Waals surface area contributed by atoms with Crippen LogP contribution in [0, 0.1) is 12.7 Å². The van der Waals surface area contributed by atoms with Gasteiger partial charge in [-0.1, -0.05) is 25.4 Å². The highest BCUT2D eigenvalue weighted by Crippen LogP contribution is 2.35. The number of carbonyl (C=O) groups is 1. The van der Waals surface area contributed by atoms with E-state index in [0.717, 1.165) is 6.07 Å². The number of pyridine rings is 1. The van der Waals surface area contributed by atoms with E-state index in [9.17, 15) is 9.18 Å². The highest BCUT2D eigenvalue weighted by molar-refractivity contribution is 6.32. The molecule has 0 saturated carbocycles. The Labute approximate surface area is 138 Å². The van der Waals surface area contributed by atoms with Gasteiger partial charge in [0.2, 0.25) is 0 Å². The predicted octanol–water partition coefficient (Wildman–Crippen LogP) is 4.46. The summed E-state index contributed by atoms with van der Waals surface area (Å²) < 4.78 is 23.9. The van der Waals surface area contributed by atoms with Gasteiger partial charge in [0.1, 0.15) is 11.6 Å². The third-order valence-electron chi connectivity index (χ3n) is 2.50. The largest absolute Gasteiger partial charge is 0.479 e. The molecule has 1 aromatic heterocycles.